The fraction of sp³-hybridized carbons (Fsp3) is 0.385. The van der Waals surface area contributed by atoms with Gasteiger partial charge in [0.25, 0.3) is 0 Å². The van der Waals surface area contributed by atoms with Gasteiger partial charge < -0.3 is 20.5 Å². The Balaban J connectivity index is 2.73. The zero-order valence-corrected chi connectivity index (χ0v) is 12.4. The third-order valence-corrected chi connectivity index (χ3v) is 3.32. The van der Waals surface area contributed by atoms with Gasteiger partial charge in [-0.1, -0.05) is 0 Å². The lowest BCUT2D eigenvalue weighted by Crippen LogP contribution is -2.37. The van der Waals surface area contributed by atoms with Gasteiger partial charge in [-0.3, -0.25) is 0 Å². The highest BCUT2D eigenvalue weighted by Gasteiger charge is 2.13. The highest BCUT2D eigenvalue weighted by molar-refractivity contribution is 7.98. The summed E-state index contributed by atoms with van der Waals surface area (Å²) in [6.07, 6.45) is 1.96. The van der Waals surface area contributed by atoms with Crippen molar-refractivity contribution in [3.63, 3.8) is 0 Å². The number of benzene rings is 1. The molecule has 2 amide bonds. The molecule has 0 aliphatic carbocycles. The molecular weight excluding hydrogens is 280 g/mol. The Morgan fingerprint density at radius 2 is 2.15 bits per heavy atom. The van der Waals surface area contributed by atoms with E-state index in [0.29, 0.717) is 5.69 Å². The maximum atomic E-state index is 11.7. The molecule has 0 aromatic heterocycles. The second-order valence-electron chi connectivity index (χ2n) is 4.18. The van der Waals surface area contributed by atoms with Crippen molar-refractivity contribution < 1.29 is 19.4 Å². The number of hydrogen-bond acceptors (Lipinski definition) is 4. The van der Waals surface area contributed by atoms with Crippen LogP contribution in [-0.2, 0) is 0 Å². The van der Waals surface area contributed by atoms with Gasteiger partial charge in [-0.2, -0.15) is 11.8 Å². The van der Waals surface area contributed by atoms with Crippen molar-refractivity contribution >= 4 is 29.4 Å². The van der Waals surface area contributed by atoms with Crippen molar-refractivity contribution in [2.24, 2.45) is 0 Å². The summed E-state index contributed by atoms with van der Waals surface area (Å²) < 4.78 is 4.99. The monoisotopic (exact) mass is 298 g/mol. The van der Waals surface area contributed by atoms with Crippen LogP contribution in [0, 0.1) is 0 Å². The molecule has 1 rings (SSSR count). The Morgan fingerprint density at radius 3 is 2.70 bits per heavy atom. The number of carboxylic acids is 1. The predicted molar refractivity (Wildman–Crippen MR) is 80.0 cm³/mol. The molecule has 0 heterocycles. The molecule has 1 aromatic rings. The van der Waals surface area contributed by atoms with Gasteiger partial charge in [0.2, 0.25) is 0 Å². The van der Waals surface area contributed by atoms with Crippen LogP contribution < -0.4 is 15.4 Å². The molecule has 0 saturated carbocycles. The molecule has 1 atom stereocenters. The minimum atomic E-state index is -1.08. The molecule has 0 fully saturated rings. The summed E-state index contributed by atoms with van der Waals surface area (Å²) in [6.45, 7) is 1.91. The highest BCUT2D eigenvalue weighted by Crippen LogP contribution is 2.23. The van der Waals surface area contributed by atoms with Gasteiger partial charge in [-0.25, -0.2) is 9.59 Å². The van der Waals surface area contributed by atoms with Crippen molar-refractivity contribution in [2.45, 2.75) is 13.0 Å². The first-order valence-corrected chi connectivity index (χ1v) is 7.35. The average Bonchev–Trinajstić information content (AvgIpc) is 2.38. The predicted octanol–water partition coefficient (Wildman–Crippen LogP) is 2.27. The Bertz CT molecular complexity index is 493. The van der Waals surface area contributed by atoms with E-state index in [1.54, 1.807) is 11.8 Å². The third-order valence-electron chi connectivity index (χ3n) is 2.48. The molecular formula is C13H18N2O4S. The Labute approximate surface area is 121 Å². The average molecular weight is 298 g/mol. The van der Waals surface area contributed by atoms with E-state index in [0.717, 1.165) is 5.75 Å². The van der Waals surface area contributed by atoms with Crippen LogP contribution in [-0.4, -0.2) is 42.3 Å². The minimum Gasteiger partial charge on any atom is -0.496 e. The number of carboxylic acid groups (broad SMARTS) is 1. The number of ether oxygens (including phenoxy) is 1. The lowest BCUT2D eigenvalue weighted by Gasteiger charge is -2.14. The summed E-state index contributed by atoms with van der Waals surface area (Å²) in [5.74, 6) is -0.0618. The van der Waals surface area contributed by atoms with Crippen LogP contribution in [0.2, 0.25) is 0 Å². The summed E-state index contributed by atoms with van der Waals surface area (Å²) in [4.78, 5) is 22.7. The number of hydrogen-bond donors (Lipinski definition) is 3. The Hall–Kier alpha value is -1.89. The van der Waals surface area contributed by atoms with Crippen LogP contribution in [0.1, 0.15) is 17.3 Å². The zero-order chi connectivity index (χ0) is 15.1. The van der Waals surface area contributed by atoms with Crippen molar-refractivity contribution in [3.8, 4) is 5.75 Å². The third kappa shape index (κ3) is 4.65. The topological polar surface area (TPSA) is 87.7 Å². The first-order chi connectivity index (χ1) is 9.47. The molecule has 0 bridgehead atoms. The van der Waals surface area contributed by atoms with Crippen LogP contribution in [0.15, 0.2) is 18.2 Å². The van der Waals surface area contributed by atoms with E-state index in [9.17, 15) is 9.59 Å². The number of anilines is 1. The molecule has 7 heteroatoms. The smallest absolute Gasteiger partial charge is 0.339 e. The summed E-state index contributed by atoms with van der Waals surface area (Å²) >= 11 is 1.64. The maximum Gasteiger partial charge on any atom is 0.339 e. The van der Waals surface area contributed by atoms with Gasteiger partial charge in [0.15, 0.2) is 0 Å². The molecule has 3 N–H and O–H groups in total. The quantitative estimate of drug-likeness (QED) is 0.750. The van der Waals surface area contributed by atoms with E-state index < -0.39 is 5.97 Å². The summed E-state index contributed by atoms with van der Waals surface area (Å²) in [6, 6.07) is 4.09. The Kier molecular flexibility index (Phi) is 6.17. The number of aromatic carboxylic acids is 1. The van der Waals surface area contributed by atoms with Crippen molar-refractivity contribution in [2.75, 3.05) is 24.4 Å². The number of amides is 2. The van der Waals surface area contributed by atoms with Gasteiger partial charge >= 0.3 is 12.0 Å². The second kappa shape index (κ2) is 7.64. The fourth-order valence-electron chi connectivity index (χ4n) is 1.63. The molecule has 0 spiro atoms. The fourth-order valence-corrected chi connectivity index (χ4v) is 2.21. The van der Waals surface area contributed by atoms with Crippen molar-refractivity contribution in [1.29, 1.82) is 0 Å². The van der Waals surface area contributed by atoms with E-state index in [1.165, 1.54) is 25.3 Å². The number of carbonyl (C=O) groups excluding carboxylic acids is 1. The van der Waals surface area contributed by atoms with Gasteiger partial charge in [-0.15, -0.1) is 0 Å². The number of thioether (sulfide) groups is 1. The molecule has 0 aliphatic heterocycles. The number of rotatable bonds is 6. The molecule has 1 aromatic carbocycles. The standard InChI is InChI=1S/C13H18N2O4S/c1-8(7-20-3)14-13(18)15-9-4-5-10(12(16)17)11(6-9)19-2/h4-6,8H,7H2,1-3H3,(H,16,17)(H2,14,15,18). The van der Waals surface area contributed by atoms with Gasteiger partial charge in [-0.05, 0) is 25.3 Å². The minimum absolute atomic E-state index is 0.0465. The number of methoxy groups -OCH3 is 1. The maximum absolute atomic E-state index is 11.7. The Morgan fingerprint density at radius 1 is 1.45 bits per heavy atom. The molecule has 110 valence electrons. The van der Waals surface area contributed by atoms with Crippen LogP contribution in [0.3, 0.4) is 0 Å². The van der Waals surface area contributed by atoms with Crippen LogP contribution in [0.5, 0.6) is 5.75 Å². The van der Waals surface area contributed by atoms with Gasteiger partial charge in [0.05, 0.1) is 7.11 Å². The SMILES string of the molecule is COc1cc(NC(=O)NC(C)CSC)ccc1C(=O)O. The summed E-state index contributed by atoms with van der Waals surface area (Å²) in [5, 5.41) is 14.4. The van der Waals surface area contributed by atoms with Crippen molar-refractivity contribution in [1.82, 2.24) is 5.32 Å². The van der Waals surface area contributed by atoms with Gasteiger partial charge in [0.1, 0.15) is 11.3 Å². The molecule has 1 unspecified atom stereocenters. The van der Waals surface area contributed by atoms with Crippen LogP contribution in [0.4, 0.5) is 10.5 Å². The van der Waals surface area contributed by atoms with E-state index in [2.05, 4.69) is 10.6 Å². The van der Waals surface area contributed by atoms with Crippen LogP contribution >= 0.6 is 11.8 Å². The van der Waals surface area contributed by atoms with E-state index in [1.807, 2.05) is 13.2 Å². The largest absolute Gasteiger partial charge is 0.496 e. The molecule has 20 heavy (non-hydrogen) atoms. The number of nitrogens with one attached hydrogen (secondary N) is 2. The van der Waals surface area contributed by atoms with Gasteiger partial charge in [0, 0.05) is 23.5 Å². The molecule has 0 aliphatic rings. The first kappa shape index (κ1) is 16.2. The second-order valence-corrected chi connectivity index (χ2v) is 5.09. The summed E-state index contributed by atoms with van der Waals surface area (Å²) in [5.41, 5.74) is 0.523. The number of carbonyl (C=O) groups is 2. The summed E-state index contributed by atoms with van der Waals surface area (Å²) in [7, 11) is 1.38. The molecule has 0 radical (unpaired) electrons. The number of urea groups is 1. The molecule has 0 saturated heterocycles. The van der Waals surface area contributed by atoms with E-state index >= 15 is 0 Å². The molecule has 6 nitrogen and oxygen atoms in total. The first-order valence-electron chi connectivity index (χ1n) is 5.95. The lowest BCUT2D eigenvalue weighted by atomic mass is 10.2. The van der Waals surface area contributed by atoms with E-state index in [4.69, 9.17) is 9.84 Å². The highest BCUT2D eigenvalue weighted by atomic mass is 32.2. The van der Waals surface area contributed by atoms with E-state index in [-0.39, 0.29) is 23.4 Å². The normalized spacial score (nSPS) is 11.6. The van der Waals surface area contributed by atoms with Crippen molar-refractivity contribution in [3.05, 3.63) is 23.8 Å². The zero-order valence-electron chi connectivity index (χ0n) is 11.6. The lowest BCUT2D eigenvalue weighted by molar-refractivity contribution is 0.0693. The van der Waals surface area contributed by atoms with Crippen LogP contribution in [0.25, 0.3) is 0 Å².